The maximum atomic E-state index is 13.1. The maximum absolute atomic E-state index is 13.1. The van der Waals surface area contributed by atoms with E-state index in [0.717, 1.165) is 39.3 Å². The van der Waals surface area contributed by atoms with Crippen molar-refractivity contribution < 1.29 is 13.2 Å². The summed E-state index contributed by atoms with van der Waals surface area (Å²) < 4.78 is 28.9. The summed E-state index contributed by atoms with van der Waals surface area (Å²) in [5, 5.41) is 4.11. The third-order valence-electron chi connectivity index (χ3n) is 6.54. The molecule has 1 aliphatic heterocycles. The smallest absolute Gasteiger partial charge is 0.243 e. The van der Waals surface area contributed by atoms with Gasteiger partial charge in [-0.1, -0.05) is 25.1 Å². The molecule has 4 aromatic rings. The first-order valence-corrected chi connectivity index (χ1v) is 14.4. The van der Waals surface area contributed by atoms with Crippen LogP contribution in [-0.2, 0) is 10.0 Å². The van der Waals surface area contributed by atoms with Gasteiger partial charge in [-0.25, -0.2) is 13.4 Å². The number of aryl methyl sites for hydroxylation is 1. The number of piperidine rings is 1. The van der Waals surface area contributed by atoms with Crippen LogP contribution in [0.1, 0.15) is 35.7 Å². The van der Waals surface area contributed by atoms with Gasteiger partial charge < -0.3 is 5.32 Å². The van der Waals surface area contributed by atoms with E-state index in [9.17, 15) is 13.2 Å². The second-order valence-corrected chi connectivity index (χ2v) is 12.5. The average molecular weight is 520 g/mol. The van der Waals surface area contributed by atoms with Crippen LogP contribution in [0.5, 0.6) is 0 Å². The first-order valence-electron chi connectivity index (χ1n) is 12.1. The summed E-state index contributed by atoms with van der Waals surface area (Å²) in [5.41, 5.74) is 4.43. The van der Waals surface area contributed by atoms with Crippen LogP contribution in [0.3, 0.4) is 0 Å². The minimum absolute atomic E-state index is 0.0734. The van der Waals surface area contributed by atoms with E-state index in [4.69, 9.17) is 4.98 Å². The van der Waals surface area contributed by atoms with Crippen molar-refractivity contribution in [2.75, 3.05) is 25.0 Å². The molecule has 0 radical (unpaired) electrons. The predicted octanol–water partition coefficient (Wildman–Crippen LogP) is 5.99. The molecule has 0 spiro atoms. The molecule has 0 amide bonds. The number of nitrogens with zero attached hydrogens (tertiary/aromatic N) is 2. The van der Waals surface area contributed by atoms with Crippen molar-refractivity contribution >= 4 is 43.0 Å². The van der Waals surface area contributed by atoms with Crippen molar-refractivity contribution in [1.29, 1.82) is 0 Å². The van der Waals surface area contributed by atoms with Crippen molar-refractivity contribution in [3.8, 4) is 10.6 Å². The van der Waals surface area contributed by atoms with Crippen molar-refractivity contribution in [2.24, 2.45) is 5.92 Å². The molecule has 2 heterocycles. The lowest BCUT2D eigenvalue weighted by atomic mass is 10.0. The number of hydrogen-bond donors (Lipinski definition) is 1. The molecule has 8 heteroatoms. The first kappa shape index (κ1) is 24.6. The number of hydrogen-bond acceptors (Lipinski definition) is 6. The number of ketones is 1. The zero-order valence-electron chi connectivity index (χ0n) is 20.4. The van der Waals surface area contributed by atoms with Crippen LogP contribution >= 0.6 is 11.3 Å². The van der Waals surface area contributed by atoms with Crippen LogP contribution in [0, 0.1) is 12.8 Å². The summed E-state index contributed by atoms with van der Waals surface area (Å²) in [4.78, 5) is 17.8. The van der Waals surface area contributed by atoms with Crippen molar-refractivity contribution in [2.45, 2.75) is 31.6 Å². The van der Waals surface area contributed by atoms with E-state index in [-0.39, 0.29) is 17.2 Å². The Hall–Kier alpha value is -3.07. The Morgan fingerprint density at radius 3 is 2.69 bits per heavy atom. The number of benzene rings is 3. The van der Waals surface area contributed by atoms with E-state index in [0.29, 0.717) is 24.6 Å². The second kappa shape index (κ2) is 10.1. The largest absolute Gasteiger partial charge is 0.378 e. The van der Waals surface area contributed by atoms with Crippen molar-refractivity contribution in [3.63, 3.8) is 0 Å². The van der Waals surface area contributed by atoms with E-state index >= 15 is 0 Å². The van der Waals surface area contributed by atoms with Gasteiger partial charge in [-0.05, 0) is 79.8 Å². The van der Waals surface area contributed by atoms with E-state index in [1.54, 1.807) is 29.5 Å². The Bertz CT molecular complexity index is 1510. The lowest BCUT2D eigenvalue weighted by Gasteiger charge is -2.30. The number of sulfonamides is 1. The number of thiazole rings is 1. The van der Waals surface area contributed by atoms with Crippen LogP contribution in [-0.4, -0.2) is 43.1 Å². The fraction of sp³-hybridized carbons (Fsp3) is 0.286. The minimum Gasteiger partial charge on any atom is -0.378 e. The third kappa shape index (κ3) is 5.21. The van der Waals surface area contributed by atoms with Crippen LogP contribution in [0.25, 0.3) is 20.8 Å². The molecule has 0 bridgehead atoms. The van der Waals surface area contributed by atoms with Crippen molar-refractivity contribution in [1.82, 2.24) is 9.29 Å². The van der Waals surface area contributed by atoms with Gasteiger partial charge in [0.25, 0.3) is 0 Å². The van der Waals surface area contributed by atoms with Gasteiger partial charge in [0.2, 0.25) is 10.0 Å². The molecule has 3 aromatic carbocycles. The second-order valence-electron chi connectivity index (χ2n) is 9.48. The van der Waals surface area contributed by atoms with E-state index < -0.39 is 10.0 Å². The molecule has 1 aliphatic rings. The molecule has 1 fully saturated rings. The lowest BCUT2D eigenvalue weighted by Crippen LogP contribution is -2.39. The highest BCUT2D eigenvalue weighted by atomic mass is 32.2. The number of carbonyl (C=O) groups is 1. The van der Waals surface area contributed by atoms with Gasteiger partial charge in [-0.3, -0.25) is 4.79 Å². The summed E-state index contributed by atoms with van der Waals surface area (Å²) in [6, 6.07) is 20.5. The van der Waals surface area contributed by atoms with E-state index in [2.05, 4.69) is 31.3 Å². The topological polar surface area (TPSA) is 79.4 Å². The van der Waals surface area contributed by atoms with Gasteiger partial charge in [0.1, 0.15) is 5.01 Å². The Labute approximate surface area is 216 Å². The normalized spacial score (nSPS) is 16.8. The molecule has 1 unspecified atom stereocenters. The zero-order chi connectivity index (χ0) is 25.3. The van der Waals surface area contributed by atoms with Gasteiger partial charge in [-0.15, -0.1) is 11.3 Å². The summed E-state index contributed by atoms with van der Waals surface area (Å²) in [6.45, 7) is 5.27. The van der Waals surface area contributed by atoms with Gasteiger partial charge in [0.15, 0.2) is 5.78 Å². The molecular weight excluding hydrogens is 490 g/mol. The molecule has 0 aliphatic carbocycles. The number of carbonyl (C=O) groups excluding carboxylic acids is 1. The van der Waals surface area contributed by atoms with Gasteiger partial charge in [0.05, 0.1) is 21.7 Å². The molecule has 1 atom stereocenters. The summed E-state index contributed by atoms with van der Waals surface area (Å²) in [6.07, 6.45) is 1.90. The highest BCUT2D eigenvalue weighted by molar-refractivity contribution is 7.89. The van der Waals surface area contributed by atoms with Gasteiger partial charge in [-0.2, -0.15) is 4.31 Å². The predicted molar refractivity (Wildman–Crippen MR) is 146 cm³/mol. The van der Waals surface area contributed by atoms with Crippen LogP contribution in [0.2, 0.25) is 0 Å². The monoisotopic (exact) mass is 519 g/mol. The van der Waals surface area contributed by atoms with E-state index in [1.807, 2.05) is 30.3 Å². The van der Waals surface area contributed by atoms with Crippen LogP contribution in [0.15, 0.2) is 71.6 Å². The van der Waals surface area contributed by atoms with Gasteiger partial charge >= 0.3 is 0 Å². The molecule has 0 saturated carbocycles. The molecule has 1 N–H and O–H groups in total. The lowest BCUT2D eigenvalue weighted by molar-refractivity contribution is 0.101. The van der Waals surface area contributed by atoms with Gasteiger partial charge in [0, 0.05) is 29.9 Å². The fourth-order valence-electron chi connectivity index (χ4n) is 4.51. The summed E-state index contributed by atoms with van der Waals surface area (Å²) in [5.74, 6) is 0.178. The number of nitrogens with one attached hydrogen (secondary N) is 1. The van der Waals surface area contributed by atoms with Crippen LogP contribution in [0.4, 0.5) is 5.69 Å². The average Bonchev–Trinajstić information content (AvgIpc) is 3.31. The Morgan fingerprint density at radius 2 is 1.92 bits per heavy atom. The number of fused-ring (bicyclic) bond motifs is 1. The minimum atomic E-state index is -3.61. The molecule has 5 rings (SSSR count). The number of Topliss-reactive ketones (excluding diaryl/α,β-unsaturated/α-hetero) is 1. The Balaban J connectivity index is 1.25. The molecule has 1 aromatic heterocycles. The SMILES string of the molecule is Cc1ccc2nc(-c3ccc(NCC(=O)c4cccc(S(=O)(=O)N5CCCC(C)C5)c4)cc3)sc2c1. The zero-order valence-corrected chi connectivity index (χ0v) is 22.0. The number of anilines is 1. The van der Waals surface area contributed by atoms with E-state index in [1.165, 1.54) is 15.9 Å². The molecule has 36 heavy (non-hydrogen) atoms. The molecular formula is C28H29N3O3S2. The maximum Gasteiger partial charge on any atom is 0.243 e. The number of rotatable bonds is 7. The fourth-order valence-corrected chi connectivity index (χ4v) is 7.23. The quantitative estimate of drug-likeness (QED) is 0.304. The Kier molecular flexibility index (Phi) is 6.92. The third-order valence-corrected chi connectivity index (χ3v) is 9.47. The van der Waals surface area contributed by atoms with Crippen LogP contribution < -0.4 is 5.32 Å². The van der Waals surface area contributed by atoms with Crippen molar-refractivity contribution in [3.05, 3.63) is 77.9 Å². The highest BCUT2D eigenvalue weighted by Gasteiger charge is 2.29. The highest BCUT2D eigenvalue weighted by Crippen LogP contribution is 2.31. The first-order chi connectivity index (χ1) is 17.3. The number of aromatic nitrogens is 1. The molecule has 1 saturated heterocycles. The summed E-state index contributed by atoms with van der Waals surface area (Å²) >= 11 is 1.66. The molecule has 186 valence electrons. The standard InChI is InChI=1S/C28H29N3O3S2/c1-19-8-13-25-27(15-19)35-28(30-25)21-9-11-23(12-10-21)29-17-26(32)22-6-3-7-24(16-22)36(33,34)31-14-4-5-20(2)18-31/h3,6-13,15-16,20,29H,4-5,14,17-18H2,1-2H3. The summed E-state index contributed by atoms with van der Waals surface area (Å²) in [7, 11) is -3.61. The molecule has 6 nitrogen and oxygen atoms in total. The Morgan fingerprint density at radius 1 is 1.11 bits per heavy atom.